The molecule has 1 saturated carbocycles. The predicted molar refractivity (Wildman–Crippen MR) is 67.6 cm³/mol. The molecule has 1 fully saturated rings. The summed E-state index contributed by atoms with van der Waals surface area (Å²) in [6, 6.07) is 7.38. The summed E-state index contributed by atoms with van der Waals surface area (Å²) in [7, 11) is 0. The minimum absolute atomic E-state index is 0.0403. The summed E-state index contributed by atoms with van der Waals surface area (Å²) in [5.41, 5.74) is 1.74. The Labute approximate surface area is 111 Å². The highest BCUT2D eigenvalue weighted by Crippen LogP contribution is 2.43. The van der Waals surface area contributed by atoms with Gasteiger partial charge in [-0.3, -0.25) is 0 Å². The molecule has 0 bridgehead atoms. The van der Waals surface area contributed by atoms with Gasteiger partial charge in [0, 0.05) is 0 Å². The van der Waals surface area contributed by atoms with Crippen molar-refractivity contribution in [3.8, 4) is 0 Å². The van der Waals surface area contributed by atoms with Crippen LogP contribution in [-0.4, -0.2) is 11.3 Å². The molecule has 0 saturated heterocycles. The van der Waals surface area contributed by atoms with E-state index >= 15 is 0 Å². The second-order valence-corrected chi connectivity index (χ2v) is 5.52. The lowest BCUT2D eigenvalue weighted by Crippen LogP contribution is -2.31. The fraction of sp³-hybridized carbons (Fsp3) is 0.600. The van der Waals surface area contributed by atoms with Crippen LogP contribution in [0.5, 0.6) is 0 Å². The van der Waals surface area contributed by atoms with Crippen LogP contribution in [0.1, 0.15) is 42.9 Å². The van der Waals surface area contributed by atoms with E-state index in [9.17, 15) is 18.3 Å². The van der Waals surface area contributed by atoms with Crippen molar-refractivity contribution >= 4 is 0 Å². The molecule has 1 aliphatic carbocycles. The summed E-state index contributed by atoms with van der Waals surface area (Å²) in [6.07, 6.45) is -3.48. The zero-order valence-electron chi connectivity index (χ0n) is 11.0. The van der Waals surface area contributed by atoms with Gasteiger partial charge in [0.2, 0.25) is 0 Å². The molecule has 0 spiro atoms. The van der Waals surface area contributed by atoms with E-state index in [-0.39, 0.29) is 18.8 Å². The Morgan fingerprint density at radius 1 is 1.26 bits per heavy atom. The Kier molecular flexibility index (Phi) is 4.19. The fourth-order valence-electron chi connectivity index (χ4n) is 2.94. The largest absolute Gasteiger partial charge is 0.391 e. The molecule has 4 heteroatoms. The van der Waals surface area contributed by atoms with E-state index in [1.807, 2.05) is 25.1 Å². The highest BCUT2D eigenvalue weighted by Gasteiger charge is 2.43. The van der Waals surface area contributed by atoms with Gasteiger partial charge in [0.1, 0.15) is 0 Å². The highest BCUT2D eigenvalue weighted by molar-refractivity contribution is 5.24. The standard InChI is InChI=1S/C15H19F3O/c1-10-4-2-5-11(8-10)14(19)12-6-3-7-13(9-12)15(16,17)18/h2,4-5,8,12-14,19H,3,6-7,9H2,1H3. The van der Waals surface area contributed by atoms with E-state index < -0.39 is 18.2 Å². The van der Waals surface area contributed by atoms with Gasteiger partial charge >= 0.3 is 6.18 Å². The van der Waals surface area contributed by atoms with E-state index in [1.165, 1.54) is 0 Å². The first kappa shape index (κ1) is 14.4. The average molecular weight is 272 g/mol. The van der Waals surface area contributed by atoms with E-state index in [2.05, 4.69) is 0 Å². The minimum Gasteiger partial charge on any atom is -0.388 e. The number of hydrogen-bond donors (Lipinski definition) is 1. The molecule has 1 aliphatic rings. The van der Waals surface area contributed by atoms with E-state index in [4.69, 9.17) is 0 Å². The Balaban J connectivity index is 2.09. The number of alkyl halides is 3. The number of halogens is 3. The first-order chi connectivity index (χ1) is 8.88. The maximum Gasteiger partial charge on any atom is 0.391 e. The summed E-state index contributed by atoms with van der Waals surface area (Å²) in [5.74, 6) is -1.55. The lowest BCUT2D eigenvalue weighted by molar-refractivity contribution is -0.189. The second kappa shape index (κ2) is 5.53. The molecule has 19 heavy (non-hydrogen) atoms. The highest BCUT2D eigenvalue weighted by atomic mass is 19.4. The first-order valence-electron chi connectivity index (χ1n) is 6.69. The van der Waals surface area contributed by atoms with Gasteiger partial charge in [0.15, 0.2) is 0 Å². The van der Waals surface area contributed by atoms with Crippen molar-refractivity contribution < 1.29 is 18.3 Å². The molecule has 1 aromatic rings. The third-order valence-corrected chi connectivity index (χ3v) is 4.01. The van der Waals surface area contributed by atoms with Crippen LogP contribution in [0.2, 0.25) is 0 Å². The third kappa shape index (κ3) is 3.50. The molecule has 0 heterocycles. The molecule has 1 N–H and O–H groups in total. The molecular formula is C15H19F3O. The first-order valence-corrected chi connectivity index (χ1v) is 6.69. The fourth-order valence-corrected chi connectivity index (χ4v) is 2.94. The van der Waals surface area contributed by atoms with Crippen LogP contribution in [0.15, 0.2) is 24.3 Å². The molecule has 0 radical (unpaired) electrons. The van der Waals surface area contributed by atoms with Crippen LogP contribution in [0.3, 0.4) is 0 Å². The normalized spacial score (nSPS) is 26.2. The summed E-state index contributed by atoms with van der Waals surface area (Å²) < 4.78 is 38.3. The zero-order valence-corrected chi connectivity index (χ0v) is 11.0. The van der Waals surface area contributed by atoms with Crippen molar-refractivity contribution in [2.45, 2.75) is 44.9 Å². The average Bonchev–Trinajstić information content (AvgIpc) is 2.37. The second-order valence-electron chi connectivity index (χ2n) is 5.52. The number of aryl methyl sites for hydroxylation is 1. The maximum atomic E-state index is 12.8. The number of aliphatic hydroxyl groups excluding tert-OH is 1. The lowest BCUT2D eigenvalue weighted by Gasteiger charge is -2.33. The van der Waals surface area contributed by atoms with E-state index in [0.29, 0.717) is 12.8 Å². The van der Waals surface area contributed by atoms with Crippen LogP contribution in [-0.2, 0) is 0 Å². The molecule has 1 aromatic carbocycles. The van der Waals surface area contributed by atoms with Crippen molar-refractivity contribution in [2.75, 3.05) is 0 Å². The van der Waals surface area contributed by atoms with Gasteiger partial charge in [-0.2, -0.15) is 13.2 Å². The molecule has 0 aromatic heterocycles. The van der Waals surface area contributed by atoms with Gasteiger partial charge in [0.05, 0.1) is 12.0 Å². The number of aliphatic hydroxyl groups is 1. The Morgan fingerprint density at radius 3 is 2.63 bits per heavy atom. The van der Waals surface area contributed by atoms with Gasteiger partial charge in [-0.05, 0) is 37.7 Å². The van der Waals surface area contributed by atoms with Crippen molar-refractivity contribution in [2.24, 2.45) is 11.8 Å². The molecule has 1 nitrogen and oxygen atoms in total. The predicted octanol–water partition coefficient (Wildman–Crippen LogP) is 4.40. The van der Waals surface area contributed by atoms with Crippen molar-refractivity contribution in [1.29, 1.82) is 0 Å². The molecule has 0 amide bonds. The number of benzene rings is 1. The summed E-state index contributed by atoms with van der Waals surface area (Å²) in [4.78, 5) is 0. The summed E-state index contributed by atoms with van der Waals surface area (Å²) >= 11 is 0. The lowest BCUT2D eigenvalue weighted by atomic mass is 9.77. The molecule has 3 atom stereocenters. The van der Waals surface area contributed by atoms with Crippen LogP contribution in [0, 0.1) is 18.8 Å². The minimum atomic E-state index is -4.13. The molecule has 106 valence electrons. The molecule has 2 rings (SSSR count). The van der Waals surface area contributed by atoms with Crippen LogP contribution in [0.4, 0.5) is 13.2 Å². The van der Waals surface area contributed by atoms with Crippen LogP contribution < -0.4 is 0 Å². The van der Waals surface area contributed by atoms with Gasteiger partial charge in [-0.1, -0.05) is 36.2 Å². The Bertz CT molecular complexity index is 428. The summed E-state index contributed by atoms with van der Waals surface area (Å²) in [5, 5.41) is 10.3. The zero-order chi connectivity index (χ0) is 14.0. The molecular weight excluding hydrogens is 253 g/mol. The van der Waals surface area contributed by atoms with Gasteiger partial charge in [-0.15, -0.1) is 0 Å². The van der Waals surface area contributed by atoms with E-state index in [0.717, 1.165) is 11.1 Å². The van der Waals surface area contributed by atoms with E-state index in [1.54, 1.807) is 6.07 Å². The quantitative estimate of drug-likeness (QED) is 0.846. The number of hydrogen-bond acceptors (Lipinski definition) is 1. The van der Waals surface area contributed by atoms with Gasteiger partial charge in [0.25, 0.3) is 0 Å². The van der Waals surface area contributed by atoms with Crippen LogP contribution >= 0.6 is 0 Å². The number of rotatable bonds is 2. The Hall–Kier alpha value is -1.03. The maximum absolute atomic E-state index is 12.8. The molecule has 3 unspecified atom stereocenters. The SMILES string of the molecule is Cc1cccc(C(O)C2CCCC(C(F)(F)F)C2)c1. The van der Waals surface area contributed by atoms with Gasteiger partial charge < -0.3 is 5.11 Å². The monoisotopic (exact) mass is 272 g/mol. The van der Waals surface area contributed by atoms with Crippen molar-refractivity contribution in [3.05, 3.63) is 35.4 Å². The Morgan fingerprint density at radius 2 is 2.00 bits per heavy atom. The van der Waals surface area contributed by atoms with Crippen LogP contribution in [0.25, 0.3) is 0 Å². The van der Waals surface area contributed by atoms with Crippen molar-refractivity contribution in [1.82, 2.24) is 0 Å². The topological polar surface area (TPSA) is 20.2 Å². The van der Waals surface area contributed by atoms with Crippen molar-refractivity contribution in [3.63, 3.8) is 0 Å². The molecule has 0 aliphatic heterocycles. The third-order valence-electron chi connectivity index (χ3n) is 4.01. The summed E-state index contributed by atoms with van der Waals surface area (Å²) in [6.45, 7) is 1.91. The smallest absolute Gasteiger partial charge is 0.388 e. The van der Waals surface area contributed by atoms with Gasteiger partial charge in [-0.25, -0.2) is 0 Å².